The van der Waals surface area contributed by atoms with E-state index in [0.717, 1.165) is 11.1 Å². The van der Waals surface area contributed by atoms with E-state index in [4.69, 9.17) is 12.2 Å². The summed E-state index contributed by atoms with van der Waals surface area (Å²) in [5.74, 6) is 2.35. The molecule has 2 aromatic rings. The maximum Gasteiger partial charge on any atom is 0.126 e. The van der Waals surface area contributed by atoms with Crippen molar-refractivity contribution in [3.05, 3.63) is 76.0 Å². The largest absolute Gasteiger partial charge is 0.383 e. The number of hydrogen-bond acceptors (Lipinski definition) is 3. The summed E-state index contributed by atoms with van der Waals surface area (Å²) in [6, 6.07) is 10.4. The van der Waals surface area contributed by atoms with Gasteiger partial charge in [-0.3, -0.25) is 0 Å². The number of halogens is 2. The van der Waals surface area contributed by atoms with Crippen LogP contribution in [0, 0.1) is 25.2 Å². The number of thioether (sulfide) groups is 1. The van der Waals surface area contributed by atoms with Gasteiger partial charge in [0.2, 0.25) is 0 Å². The average Bonchev–Trinajstić information content (AvgIpc) is 2.75. The number of nitrogens with zero attached hydrogens (tertiary/aromatic N) is 1. The molecule has 1 heterocycles. The maximum absolute atomic E-state index is 14.1. The summed E-state index contributed by atoms with van der Waals surface area (Å²) in [6.45, 7) is 5.62. The molecule has 31 heavy (non-hydrogen) atoms. The maximum atomic E-state index is 14.1. The minimum Gasteiger partial charge on any atom is -0.383 e. The van der Waals surface area contributed by atoms with Gasteiger partial charge in [-0.2, -0.15) is 0 Å². The predicted octanol–water partition coefficient (Wildman–Crippen LogP) is 7.00. The number of pyridine rings is 1. The van der Waals surface area contributed by atoms with Gasteiger partial charge >= 0.3 is 0 Å². The van der Waals surface area contributed by atoms with E-state index in [1.807, 2.05) is 13.0 Å². The lowest BCUT2D eigenvalue weighted by molar-refractivity contribution is 0.485. The zero-order valence-electron chi connectivity index (χ0n) is 18.6. The van der Waals surface area contributed by atoms with Crippen molar-refractivity contribution >= 4 is 17.6 Å². The fraction of sp³-hybridized carbons (Fsp3) is 0.346. The molecule has 2 nitrogen and oxygen atoms in total. The molecule has 5 heteroatoms. The van der Waals surface area contributed by atoms with E-state index >= 15 is 0 Å². The first-order valence-corrected chi connectivity index (χ1v) is 11.5. The summed E-state index contributed by atoms with van der Waals surface area (Å²) in [4.78, 5) is 5.47. The van der Waals surface area contributed by atoms with E-state index in [2.05, 4.69) is 48.3 Å². The molecule has 1 aromatic heterocycles. The molecule has 0 spiro atoms. The molecule has 1 unspecified atom stereocenters. The molecule has 1 aliphatic rings. The molecule has 0 saturated heterocycles. The molecule has 0 amide bonds. The van der Waals surface area contributed by atoms with E-state index in [-0.39, 0.29) is 30.4 Å². The molecule has 0 bridgehead atoms. The van der Waals surface area contributed by atoms with Crippen LogP contribution in [0.1, 0.15) is 43.4 Å². The third kappa shape index (κ3) is 6.97. The second-order valence-corrected chi connectivity index (χ2v) is 8.62. The monoisotopic (exact) mass is 440 g/mol. The van der Waals surface area contributed by atoms with E-state index in [9.17, 15) is 8.78 Å². The van der Waals surface area contributed by atoms with Gasteiger partial charge in [-0.1, -0.05) is 24.6 Å². The van der Waals surface area contributed by atoms with E-state index < -0.39 is 0 Å². The van der Waals surface area contributed by atoms with Gasteiger partial charge in [-0.05, 0) is 72.9 Å². The highest BCUT2D eigenvalue weighted by atomic mass is 32.2. The Morgan fingerprint density at radius 1 is 1.16 bits per heavy atom. The Balaban J connectivity index is 0.000000316. The predicted molar refractivity (Wildman–Crippen MR) is 128 cm³/mol. The topological polar surface area (TPSA) is 38.9 Å². The van der Waals surface area contributed by atoms with Crippen molar-refractivity contribution in [1.82, 2.24) is 4.98 Å². The first-order valence-electron chi connectivity index (χ1n) is 10.3. The Hall–Kier alpha value is -2.58. The van der Waals surface area contributed by atoms with Gasteiger partial charge in [0, 0.05) is 30.4 Å². The summed E-state index contributed by atoms with van der Waals surface area (Å²) in [6.07, 6.45) is 10.3. The number of terminal acetylenes is 1. The Bertz CT molecular complexity index is 1000. The van der Waals surface area contributed by atoms with Crippen LogP contribution in [0.3, 0.4) is 0 Å². The average molecular weight is 441 g/mol. The fourth-order valence-corrected chi connectivity index (χ4v) is 3.99. The molecular formula is C26H30F2N2S. The van der Waals surface area contributed by atoms with Gasteiger partial charge in [-0.25, -0.2) is 13.8 Å². The number of nitrogen functional groups attached to an aromatic ring is 1. The number of nitrogens with two attached hydrogens (primary N) is 1. The Morgan fingerprint density at radius 2 is 1.81 bits per heavy atom. The summed E-state index contributed by atoms with van der Waals surface area (Å²) in [5, 5.41) is 0. The fourth-order valence-electron chi connectivity index (χ4n) is 3.58. The molecule has 0 aliphatic heterocycles. The van der Waals surface area contributed by atoms with Crippen LogP contribution in [0.2, 0.25) is 0 Å². The van der Waals surface area contributed by atoms with E-state index in [1.165, 1.54) is 10.5 Å². The van der Waals surface area contributed by atoms with Crippen molar-refractivity contribution in [3.63, 3.8) is 0 Å². The van der Waals surface area contributed by atoms with E-state index in [1.54, 1.807) is 24.9 Å². The van der Waals surface area contributed by atoms with Gasteiger partial charge in [0.25, 0.3) is 0 Å². The number of aromatic nitrogens is 1. The normalized spacial score (nSPS) is 14.6. The molecule has 164 valence electrons. The lowest BCUT2D eigenvalue weighted by Crippen LogP contribution is -2.12. The SMILES string of the molecule is C#CCc1cnc(N)c(CC(C)C2=C(F)CCC(F)=C2C)c1.CSc1ccc(C)cc1. The summed E-state index contributed by atoms with van der Waals surface area (Å²) < 4.78 is 27.9. The number of hydrogen-bond donors (Lipinski definition) is 1. The van der Waals surface area contributed by atoms with E-state index in [0.29, 0.717) is 29.8 Å². The Morgan fingerprint density at radius 3 is 2.42 bits per heavy atom. The molecule has 2 N–H and O–H groups in total. The van der Waals surface area contributed by atoms with Crippen molar-refractivity contribution < 1.29 is 8.78 Å². The molecule has 3 rings (SSSR count). The lowest BCUT2D eigenvalue weighted by atomic mass is 9.84. The zero-order chi connectivity index (χ0) is 23.0. The zero-order valence-corrected chi connectivity index (χ0v) is 19.5. The third-order valence-electron chi connectivity index (χ3n) is 5.31. The summed E-state index contributed by atoms with van der Waals surface area (Å²) in [5.41, 5.74) is 9.83. The highest BCUT2D eigenvalue weighted by Gasteiger charge is 2.24. The van der Waals surface area contributed by atoms with Crippen LogP contribution in [-0.4, -0.2) is 11.2 Å². The minimum absolute atomic E-state index is 0.133. The smallest absolute Gasteiger partial charge is 0.126 e. The van der Waals surface area contributed by atoms with Crippen molar-refractivity contribution in [2.45, 2.75) is 51.3 Å². The number of rotatable bonds is 5. The molecule has 1 aliphatic carbocycles. The third-order valence-corrected chi connectivity index (χ3v) is 6.05. The van der Waals surface area contributed by atoms with Gasteiger partial charge in [0.1, 0.15) is 17.5 Å². The standard InChI is InChI=1S/C18H20F2N2.C8H10S/c1-4-5-13-9-14(18(21)22-10-13)8-11(2)17-12(3)15(19)6-7-16(17)20;1-7-3-5-8(9-2)6-4-7/h1,9-11H,5-8H2,2-3H3,(H2,21,22);3-6H,1-2H3. The van der Waals surface area contributed by atoms with Crippen LogP contribution < -0.4 is 5.73 Å². The first kappa shape index (κ1) is 24.7. The van der Waals surface area contributed by atoms with Crippen LogP contribution in [0.15, 0.2) is 64.2 Å². The summed E-state index contributed by atoms with van der Waals surface area (Å²) >= 11 is 1.78. The molecule has 1 aromatic carbocycles. The van der Waals surface area contributed by atoms with Crippen molar-refractivity contribution in [3.8, 4) is 12.3 Å². The van der Waals surface area contributed by atoms with Gasteiger partial charge in [0.15, 0.2) is 0 Å². The number of benzene rings is 1. The molecule has 0 fully saturated rings. The van der Waals surface area contributed by atoms with Crippen LogP contribution in [0.5, 0.6) is 0 Å². The number of aryl methyl sites for hydroxylation is 1. The second kappa shape index (κ2) is 11.7. The lowest BCUT2D eigenvalue weighted by Gasteiger charge is -2.23. The van der Waals surface area contributed by atoms with Crippen LogP contribution in [0.25, 0.3) is 0 Å². The Labute approximate surface area is 189 Å². The highest BCUT2D eigenvalue weighted by Crippen LogP contribution is 2.37. The Kier molecular flexibility index (Phi) is 9.33. The second-order valence-electron chi connectivity index (χ2n) is 7.74. The highest BCUT2D eigenvalue weighted by molar-refractivity contribution is 7.98. The number of anilines is 1. The van der Waals surface area contributed by atoms with Gasteiger partial charge in [0.05, 0.1) is 0 Å². The quantitative estimate of drug-likeness (QED) is 0.402. The van der Waals surface area contributed by atoms with Gasteiger partial charge < -0.3 is 5.73 Å². The van der Waals surface area contributed by atoms with Crippen molar-refractivity contribution in [1.29, 1.82) is 0 Å². The van der Waals surface area contributed by atoms with Crippen molar-refractivity contribution in [2.24, 2.45) is 5.92 Å². The van der Waals surface area contributed by atoms with Crippen molar-refractivity contribution in [2.75, 3.05) is 12.0 Å². The molecule has 0 saturated carbocycles. The van der Waals surface area contributed by atoms with Crippen LogP contribution in [0.4, 0.5) is 14.6 Å². The minimum atomic E-state index is -0.226. The number of allylic oxidation sites excluding steroid dienone is 4. The molecule has 1 atom stereocenters. The van der Waals surface area contributed by atoms with Crippen LogP contribution in [-0.2, 0) is 12.8 Å². The molecular weight excluding hydrogens is 410 g/mol. The first-order chi connectivity index (χ1) is 14.8. The van der Waals surface area contributed by atoms with Gasteiger partial charge in [-0.15, -0.1) is 24.1 Å². The molecule has 0 radical (unpaired) electrons. The summed E-state index contributed by atoms with van der Waals surface area (Å²) in [7, 11) is 0. The van der Waals surface area contributed by atoms with Crippen LogP contribution >= 0.6 is 11.8 Å².